The maximum atomic E-state index is 12.1. The number of rotatable bonds is 3. The average molecular weight is 240 g/mol. The lowest BCUT2D eigenvalue weighted by Gasteiger charge is -2.33. The van der Waals surface area contributed by atoms with E-state index in [9.17, 15) is 4.79 Å². The molecule has 0 aliphatic carbocycles. The molecule has 2 aliphatic heterocycles. The SMILES string of the molecule is NCC1CCN(C(=O)CC2CCCCO2)CC1. The van der Waals surface area contributed by atoms with Gasteiger partial charge in [-0.05, 0) is 44.6 Å². The Morgan fingerprint density at radius 1 is 1.24 bits per heavy atom. The van der Waals surface area contributed by atoms with E-state index in [4.69, 9.17) is 10.5 Å². The Hall–Kier alpha value is -0.610. The van der Waals surface area contributed by atoms with Crippen LogP contribution in [0.5, 0.6) is 0 Å². The first-order valence-electron chi connectivity index (χ1n) is 6.89. The number of amides is 1. The molecule has 2 fully saturated rings. The smallest absolute Gasteiger partial charge is 0.225 e. The van der Waals surface area contributed by atoms with Crippen LogP contribution in [0.25, 0.3) is 0 Å². The molecule has 1 amide bonds. The lowest BCUT2D eigenvalue weighted by Crippen LogP contribution is -2.41. The summed E-state index contributed by atoms with van der Waals surface area (Å²) in [6, 6.07) is 0. The van der Waals surface area contributed by atoms with Gasteiger partial charge in [0.15, 0.2) is 0 Å². The van der Waals surface area contributed by atoms with Crippen molar-refractivity contribution in [3.63, 3.8) is 0 Å². The molecule has 0 aromatic heterocycles. The molecule has 98 valence electrons. The first-order valence-corrected chi connectivity index (χ1v) is 6.89. The topological polar surface area (TPSA) is 55.6 Å². The highest BCUT2D eigenvalue weighted by atomic mass is 16.5. The normalized spacial score (nSPS) is 27.1. The Bertz CT molecular complexity index is 244. The third kappa shape index (κ3) is 3.68. The van der Waals surface area contributed by atoms with Crippen molar-refractivity contribution in [2.75, 3.05) is 26.2 Å². The molecule has 0 aromatic rings. The summed E-state index contributed by atoms with van der Waals surface area (Å²) in [4.78, 5) is 14.1. The lowest BCUT2D eigenvalue weighted by atomic mass is 9.96. The predicted molar refractivity (Wildman–Crippen MR) is 66.6 cm³/mol. The highest BCUT2D eigenvalue weighted by Crippen LogP contribution is 2.20. The highest BCUT2D eigenvalue weighted by molar-refractivity contribution is 5.76. The Morgan fingerprint density at radius 2 is 2.00 bits per heavy atom. The van der Waals surface area contributed by atoms with Crippen LogP contribution in [0, 0.1) is 5.92 Å². The van der Waals surface area contributed by atoms with Gasteiger partial charge in [0.1, 0.15) is 0 Å². The number of carbonyl (C=O) groups is 1. The van der Waals surface area contributed by atoms with Gasteiger partial charge in [0.2, 0.25) is 5.91 Å². The van der Waals surface area contributed by atoms with Gasteiger partial charge in [-0.2, -0.15) is 0 Å². The second kappa shape index (κ2) is 6.36. The number of hydrogen-bond donors (Lipinski definition) is 1. The Morgan fingerprint density at radius 3 is 2.59 bits per heavy atom. The number of ether oxygens (including phenoxy) is 1. The van der Waals surface area contributed by atoms with E-state index >= 15 is 0 Å². The Kier molecular flexibility index (Phi) is 4.80. The van der Waals surface area contributed by atoms with Crippen LogP contribution < -0.4 is 5.73 Å². The zero-order valence-corrected chi connectivity index (χ0v) is 10.6. The molecule has 0 aromatic carbocycles. The van der Waals surface area contributed by atoms with Gasteiger partial charge in [-0.3, -0.25) is 4.79 Å². The number of nitrogens with two attached hydrogens (primary N) is 1. The van der Waals surface area contributed by atoms with Gasteiger partial charge < -0.3 is 15.4 Å². The summed E-state index contributed by atoms with van der Waals surface area (Å²) < 4.78 is 5.61. The molecule has 1 unspecified atom stereocenters. The van der Waals surface area contributed by atoms with E-state index in [0.29, 0.717) is 12.3 Å². The number of likely N-dealkylation sites (tertiary alicyclic amines) is 1. The van der Waals surface area contributed by atoms with Crippen molar-refractivity contribution in [1.82, 2.24) is 4.90 Å². The Labute approximate surface area is 103 Å². The van der Waals surface area contributed by atoms with Crippen molar-refractivity contribution in [1.29, 1.82) is 0 Å². The predicted octanol–water partition coefficient (Wildman–Crippen LogP) is 1.14. The molecule has 2 heterocycles. The quantitative estimate of drug-likeness (QED) is 0.805. The lowest BCUT2D eigenvalue weighted by molar-refractivity contribution is -0.136. The zero-order valence-electron chi connectivity index (χ0n) is 10.6. The first-order chi connectivity index (χ1) is 8.29. The van der Waals surface area contributed by atoms with Crippen molar-refractivity contribution in [2.45, 2.75) is 44.6 Å². The molecule has 2 saturated heterocycles. The zero-order chi connectivity index (χ0) is 12.1. The van der Waals surface area contributed by atoms with E-state index < -0.39 is 0 Å². The highest BCUT2D eigenvalue weighted by Gasteiger charge is 2.25. The Balaban J connectivity index is 1.72. The summed E-state index contributed by atoms with van der Waals surface area (Å²) in [5.74, 6) is 0.886. The fourth-order valence-electron chi connectivity index (χ4n) is 2.71. The molecule has 2 rings (SSSR count). The van der Waals surface area contributed by atoms with Crippen LogP contribution in [0.2, 0.25) is 0 Å². The van der Waals surface area contributed by atoms with Crippen molar-refractivity contribution >= 4 is 5.91 Å². The second-order valence-electron chi connectivity index (χ2n) is 5.25. The molecule has 1 atom stereocenters. The molecule has 2 N–H and O–H groups in total. The monoisotopic (exact) mass is 240 g/mol. The fraction of sp³-hybridized carbons (Fsp3) is 0.923. The molecular weight excluding hydrogens is 216 g/mol. The summed E-state index contributed by atoms with van der Waals surface area (Å²) in [6.45, 7) is 3.35. The maximum absolute atomic E-state index is 12.1. The summed E-state index contributed by atoms with van der Waals surface area (Å²) in [5, 5.41) is 0. The largest absolute Gasteiger partial charge is 0.378 e. The van der Waals surface area contributed by atoms with Gasteiger partial charge in [-0.1, -0.05) is 0 Å². The van der Waals surface area contributed by atoms with Gasteiger partial charge in [0.05, 0.1) is 12.5 Å². The van der Waals surface area contributed by atoms with Crippen molar-refractivity contribution in [2.24, 2.45) is 11.7 Å². The van der Waals surface area contributed by atoms with Crippen molar-refractivity contribution < 1.29 is 9.53 Å². The van der Waals surface area contributed by atoms with E-state index in [1.165, 1.54) is 6.42 Å². The minimum Gasteiger partial charge on any atom is -0.378 e. The van der Waals surface area contributed by atoms with Crippen LogP contribution in [0.4, 0.5) is 0 Å². The van der Waals surface area contributed by atoms with Gasteiger partial charge in [0.25, 0.3) is 0 Å². The van der Waals surface area contributed by atoms with Crippen LogP contribution in [0.15, 0.2) is 0 Å². The van der Waals surface area contributed by atoms with Crippen LogP contribution in [-0.4, -0.2) is 43.2 Å². The summed E-state index contributed by atoms with van der Waals surface area (Å²) >= 11 is 0. The van der Waals surface area contributed by atoms with Gasteiger partial charge in [-0.25, -0.2) is 0 Å². The number of carbonyl (C=O) groups excluding carboxylic acids is 1. The molecule has 0 saturated carbocycles. The van der Waals surface area contributed by atoms with E-state index in [2.05, 4.69) is 0 Å². The average Bonchev–Trinajstić information content (AvgIpc) is 2.40. The number of hydrogen-bond acceptors (Lipinski definition) is 3. The third-order valence-corrected chi connectivity index (χ3v) is 3.98. The van der Waals surface area contributed by atoms with E-state index in [1.807, 2.05) is 4.90 Å². The second-order valence-corrected chi connectivity index (χ2v) is 5.25. The first kappa shape index (κ1) is 12.8. The molecular formula is C13H24N2O2. The summed E-state index contributed by atoms with van der Waals surface area (Å²) in [5.41, 5.74) is 5.65. The van der Waals surface area contributed by atoms with Gasteiger partial charge in [0, 0.05) is 19.7 Å². The third-order valence-electron chi connectivity index (χ3n) is 3.98. The summed E-state index contributed by atoms with van der Waals surface area (Å²) in [6.07, 6.45) is 6.27. The maximum Gasteiger partial charge on any atom is 0.225 e. The van der Waals surface area contributed by atoms with E-state index in [0.717, 1.165) is 51.9 Å². The standard InChI is InChI=1S/C13H24N2O2/c14-10-11-4-6-15(7-5-11)13(16)9-12-3-1-2-8-17-12/h11-12H,1-10,14H2. The van der Waals surface area contributed by atoms with Gasteiger partial charge >= 0.3 is 0 Å². The summed E-state index contributed by atoms with van der Waals surface area (Å²) in [7, 11) is 0. The minimum absolute atomic E-state index is 0.170. The minimum atomic E-state index is 0.170. The van der Waals surface area contributed by atoms with Crippen molar-refractivity contribution in [3.05, 3.63) is 0 Å². The van der Waals surface area contributed by atoms with Crippen molar-refractivity contribution in [3.8, 4) is 0 Å². The van der Waals surface area contributed by atoms with E-state index in [1.54, 1.807) is 0 Å². The van der Waals surface area contributed by atoms with Gasteiger partial charge in [-0.15, -0.1) is 0 Å². The molecule has 0 bridgehead atoms. The molecule has 4 heteroatoms. The molecule has 4 nitrogen and oxygen atoms in total. The fourth-order valence-corrected chi connectivity index (χ4v) is 2.71. The van der Waals surface area contributed by atoms with E-state index in [-0.39, 0.29) is 12.0 Å². The van der Waals surface area contributed by atoms with Crippen LogP contribution in [0.1, 0.15) is 38.5 Å². The molecule has 0 spiro atoms. The van der Waals surface area contributed by atoms with Crippen LogP contribution in [0.3, 0.4) is 0 Å². The molecule has 2 aliphatic rings. The molecule has 0 radical (unpaired) electrons. The molecule has 17 heavy (non-hydrogen) atoms. The van der Waals surface area contributed by atoms with Crippen LogP contribution in [-0.2, 0) is 9.53 Å². The number of piperidine rings is 1. The number of nitrogens with zero attached hydrogens (tertiary/aromatic N) is 1. The van der Waals surface area contributed by atoms with Crippen LogP contribution >= 0.6 is 0 Å².